The van der Waals surface area contributed by atoms with Gasteiger partial charge in [-0.25, -0.2) is 0 Å². The van der Waals surface area contributed by atoms with Gasteiger partial charge < -0.3 is 19.5 Å². The molecule has 2 saturated heterocycles. The maximum atomic E-state index is 10.5. The Kier molecular flexibility index (Phi) is 4.79. The quantitative estimate of drug-likeness (QED) is 0.911. The van der Waals surface area contributed by atoms with Crippen LogP contribution in [0.3, 0.4) is 0 Å². The molecular formula is C20H26N2O3. The number of aliphatic hydroxyl groups excluding tert-OH is 1. The number of rotatable bonds is 4. The van der Waals surface area contributed by atoms with Crippen LogP contribution >= 0.6 is 0 Å². The van der Waals surface area contributed by atoms with E-state index >= 15 is 0 Å². The van der Waals surface area contributed by atoms with E-state index < -0.39 is 0 Å². The topological polar surface area (TPSA) is 45.2 Å². The molecule has 3 heterocycles. The van der Waals surface area contributed by atoms with Crippen molar-refractivity contribution in [1.82, 2.24) is 9.80 Å². The van der Waals surface area contributed by atoms with E-state index in [4.69, 9.17) is 9.47 Å². The molecule has 0 amide bonds. The van der Waals surface area contributed by atoms with Crippen molar-refractivity contribution < 1.29 is 14.6 Å². The fraction of sp³-hybridized carbons (Fsp3) is 0.500. The molecule has 5 nitrogen and oxygen atoms in total. The Labute approximate surface area is 149 Å². The molecule has 0 bridgehead atoms. The molecule has 2 fully saturated rings. The zero-order valence-electron chi connectivity index (χ0n) is 14.6. The van der Waals surface area contributed by atoms with Gasteiger partial charge in [0.1, 0.15) is 5.76 Å². The van der Waals surface area contributed by atoms with Crippen molar-refractivity contribution in [1.29, 1.82) is 0 Å². The van der Waals surface area contributed by atoms with Crippen LogP contribution in [0.25, 0.3) is 0 Å². The highest BCUT2D eigenvalue weighted by Crippen LogP contribution is 2.31. The molecule has 1 aromatic carbocycles. The van der Waals surface area contributed by atoms with Crippen molar-refractivity contribution in [2.75, 3.05) is 39.4 Å². The summed E-state index contributed by atoms with van der Waals surface area (Å²) in [6, 6.07) is 10.3. The normalized spacial score (nSPS) is 23.6. The smallest absolute Gasteiger partial charge is 0.170 e. The molecule has 25 heavy (non-hydrogen) atoms. The lowest BCUT2D eigenvalue weighted by Gasteiger charge is -2.38. The van der Waals surface area contributed by atoms with Gasteiger partial charge in [-0.1, -0.05) is 30.3 Å². The van der Waals surface area contributed by atoms with E-state index in [2.05, 4.69) is 34.2 Å². The van der Waals surface area contributed by atoms with E-state index in [-0.39, 0.29) is 5.79 Å². The molecule has 134 valence electrons. The minimum absolute atomic E-state index is 0.332. The van der Waals surface area contributed by atoms with Crippen LogP contribution in [-0.2, 0) is 16.0 Å². The lowest BCUT2D eigenvalue weighted by atomic mass is 10.0. The maximum absolute atomic E-state index is 10.5. The van der Waals surface area contributed by atoms with Crippen LogP contribution in [0, 0.1) is 0 Å². The molecule has 1 aromatic rings. The highest BCUT2D eigenvalue weighted by atomic mass is 16.7. The molecule has 4 rings (SSSR count). The van der Waals surface area contributed by atoms with Crippen LogP contribution in [0.4, 0.5) is 0 Å². The number of aliphatic hydroxyl groups is 1. The average Bonchev–Trinajstić information content (AvgIpc) is 3.08. The Bertz CT molecular complexity index is 640. The summed E-state index contributed by atoms with van der Waals surface area (Å²) in [5, 5.41) is 10.5. The molecule has 5 heteroatoms. The predicted molar refractivity (Wildman–Crippen MR) is 96.0 cm³/mol. The summed E-state index contributed by atoms with van der Waals surface area (Å²) in [5.41, 5.74) is 2.27. The number of piperidine rings is 1. The molecule has 3 aliphatic rings. The number of nitrogens with zero attached hydrogens (tertiary/aromatic N) is 2. The van der Waals surface area contributed by atoms with Crippen LogP contribution in [-0.4, -0.2) is 60.1 Å². The predicted octanol–water partition coefficient (Wildman–Crippen LogP) is 2.67. The molecule has 1 N–H and O–H groups in total. The Hall–Kier alpha value is -1.82. The van der Waals surface area contributed by atoms with Crippen LogP contribution in [0.5, 0.6) is 0 Å². The lowest BCUT2D eigenvalue weighted by molar-refractivity contribution is -0.184. The van der Waals surface area contributed by atoms with Crippen LogP contribution in [0.1, 0.15) is 18.4 Å². The van der Waals surface area contributed by atoms with E-state index in [0.29, 0.717) is 25.5 Å². The largest absolute Gasteiger partial charge is 0.510 e. The van der Waals surface area contributed by atoms with E-state index in [9.17, 15) is 5.11 Å². The van der Waals surface area contributed by atoms with Crippen molar-refractivity contribution in [3.8, 4) is 0 Å². The number of hydrogen-bond donors (Lipinski definition) is 1. The van der Waals surface area contributed by atoms with E-state index in [1.54, 1.807) is 0 Å². The number of benzene rings is 1. The number of ether oxygens (including phenoxy) is 2. The molecule has 0 radical (unpaired) electrons. The van der Waals surface area contributed by atoms with Gasteiger partial charge in [0.05, 0.1) is 19.8 Å². The van der Waals surface area contributed by atoms with Gasteiger partial charge in [-0.05, 0) is 11.6 Å². The van der Waals surface area contributed by atoms with Gasteiger partial charge in [0.15, 0.2) is 5.79 Å². The first kappa shape index (κ1) is 16.6. The standard InChI is InChI=1S/C20H26N2O3/c23-19-16-22(14-17-4-2-1-3-5-17)9-6-18(19)15-21-10-7-20(8-11-21)24-12-13-25-20/h1-6,9,23H,7-8,10-16H2. The first-order valence-electron chi connectivity index (χ1n) is 9.10. The summed E-state index contributed by atoms with van der Waals surface area (Å²) in [6.45, 7) is 5.49. The minimum atomic E-state index is -0.332. The fourth-order valence-corrected chi connectivity index (χ4v) is 3.79. The summed E-state index contributed by atoms with van der Waals surface area (Å²) in [4.78, 5) is 4.51. The third-order valence-electron chi connectivity index (χ3n) is 5.26. The van der Waals surface area contributed by atoms with Gasteiger partial charge in [0, 0.05) is 50.8 Å². The van der Waals surface area contributed by atoms with Gasteiger partial charge >= 0.3 is 0 Å². The van der Waals surface area contributed by atoms with E-state index in [1.807, 2.05) is 18.2 Å². The molecule has 1 spiro atoms. The lowest BCUT2D eigenvalue weighted by Crippen LogP contribution is -2.45. The molecule has 3 aliphatic heterocycles. The van der Waals surface area contributed by atoms with Crippen LogP contribution < -0.4 is 0 Å². The van der Waals surface area contributed by atoms with Crippen molar-refractivity contribution >= 4 is 0 Å². The number of hydrogen-bond acceptors (Lipinski definition) is 5. The summed E-state index contributed by atoms with van der Waals surface area (Å²) in [6.07, 6.45) is 5.96. The van der Waals surface area contributed by atoms with Gasteiger partial charge in [-0.15, -0.1) is 0 Å². The zero-order valence-corrected chi connectivity index (χ0v) is 14.6. The third kappa shape index (κ3) is 3.89. The highest BCUT2D eigenvalue weighted by Gasteiger charge is 2.39. The van der Waals surface area contributed by atoms with Gasteiger partial charge in [0.2, 0.25) is 0 Å². The van der Waals surface area contributed by atoms with Crippen molar-refractivity contribution in [3.05, 3.63) is 59.5 Å². The van der Waals surface area contributed by atoms with Gasteiger partial charge in [-0.2, -0.15) is 0 Å². The summed E-state index contributed by atoms with van der Waals surface area (Å²) >= 11 is 0. The molecule has 0 unspecified atom stereocenters. The second-order valence-corrected chi connectivity index (χ2v) is 7.06. The maximum Gasteiger partial charge on any atom is 0.170 e. The third-order valence-corrected chi connectivity index (χ3v) is 5.26. The van der Waals surface area contributed by atoms with E-state index in [0.717, 1.165) is 44.6 Å². The molecule has 0 aromatic heterocycles. The Morgan fingerprint density at radius 2 is 1.72 bits per heavy atom. The average molecular weight is 342 g/mol. The van der Waals surface area contributed by atoms with Crippen LogP contribution in [0.2, 0.25) is 0 Å². The molecule has 0 atom stereocenters. The van der Waals surface area contributed by atoms with E-state index in [1.165, 1.54) is 5.56 Å². The van der Waals surface area contributed by atoms with Crippen molar-refractivity contribution in [2.45, 2.75) is 25.2 Å². The highest BCUT2D eigenvalue weighted by molar-refractivity contribution is 5.28. The first-order valence-corrected chi connectivity index (χ1v) is 9.10. The summed E-state index contributed by atoms with van der Waals surface area (Å²) in [7, 11) is 0. The molecule has 0 aliphatic carbocycles. The monoisotopic (exact) mass is 342 g/mol. The second-order valence-electron chi connectivity index (χ2n) is 7.06. The SMILES string of the molecule is OC1=C(CN2CCC3(CC2)OCCO3)C=CN(Cc2ccccc2)C1. The molecule has 0 saturated carbocycles. The minimum Gasteiger partial charge on any atom is -0.510 e. The Morgan fingerprint density at radius 1 is 1.00 bits per heavy atom. The molecular weight excluding hydrogens is 316 g/mol. The van der Waals surface area contributed by atoms with Crippen molar-refractivity contribution in [3.63, 3.8) is 0 Å². The zero-order chi connectivity index (χ0) is 17.1. The fourth-order valence-electron chi connectivity index (χ4n) is 3.79. The Balaban J connectivity index is 1.30. The van der Waals surface area contributed by atoms with Crippen molar-refractivity contribution in [2.24, 2.45) is 0 Å². The second kappa shape index (κ2) is 7.20. The summed E-state index contributed by atoms with van der Waals surface area (Å²) < 4.78 is 11.6. The van der Waals surface area contributed by atoms with Crippen LogP contribution in [0.15, 0.2) is 53.9 Å². The Morgan fingerprint density at radius 3 is 2.40 bits per heavy atom. The first-order chi connectivity index (χ1) is 12.2. The van der Waals surface area contributed by atoms with Gasteiger partial charge in [-0.3, -0.25) is 4.90 Å². The van der Waals surface area contributed by atoms with Gasteiger partial charge in [0.25, 0.3) is 0 Å². The summed E-state index contributed by atoms with van der Waals surface area (Å²) in [5.74, 6) is 0.147. The number of likely N-dealkylation sites (tertiary alicyclic amines) is 1.